The summed E-state index contributed by atoms with van der Waals surface area (Å²) < 4.78 is 27.6. The molecule has 0 aliphatic rings. The van der Waals surface area contributed by atoms with Gasteiger partial charge in [-0.2, -0.15) is 0 Å². The molecular weight excluding hydrogens is 268 g/mol. The van der Waals surface area contributed by atoms with Crippen molar-refractivity contribution in [3.05, 3.63) is 65.0 Å². The van der Waals surface area contributed by atoms with Gasteiger partial charge >= 0.3 is 5.97 Å². The molecule has 1 heterocycles. The first kappa shape index (κ1) is 13.7. The zero-order valence-electron chi connectivity index (χ0n) is 10.1. The molecule has 0 aliphatic heterocycles. The maximum absolute atomic E-state index is 14.0. The number of halogens is 2. The summed E-state index contributed by atoms with van der Waals surface area (Å²) in [7, 11) is 0. The van der Waals surface area contributed by atoms with Crippen LogP contribution >= 0.6 is 0 Å². The van der Waals surface area contributed by atoms with Crippen LogP contribution in [-0.4, -0.2) is 21.8 Å². The Morgan fingerprint density at radius 1 is 1.30 bits per heavy atom. The second-order valence-electron chi connectivity index (χ2n) is 3.97. The summed E-state index contributed by atoms with van der Waals surface area (Å²) >= 11 is 0. The zero-order valence-corrected chi connectivity index (χ0v) is 10.1. The number of rotatable bonds is 4. The van der Waals surface area contributed by atoms with Gasteiger partial charge in [0.25, 0.3) is 0 Å². The van der Waals surface area contributed by atoms with Crippen molar-refractivity contribution in [2.75, 3.05) is 0 Å². The summed E-state index contributed by atoms with van der Waals surface area (Å²) in [6.45, 7) is 3.36. The van der Waals surface area contributed by atoms with E-state index in [1.54, 1.807) is 0 Å². The molecule has 0 aliphatic carbocycles. The van der Waals surface area contributed by atoms with Crippen LogP contribution in [0.4, 0.5) is 8.78 Å². The Hall–Kier alpha value is -2.76. The van der Waals surface area contributed by atoms with Gasteiger partial charge in [-0.1, -0.05) is 12.7 Å². The van der Waals surface area contributed by atoms with Crippen LogP contribution in [0.1, 0.15) is 32.0 Å². The van der Waals surface area contributed by atoms with Crippen molar-refractivity contribution < 1.29 is 23.5 Å². The number of H-pyrrole nitrogens is 1. The number of hydrogen-bond acceptors (Lipinski definition) is 2. The summed E-state index contributed by atoms with van der Waals surface area (Å²) in [5.41, 5.74) is -1.13. The maximum Gasteiger partial charge on any atom is 0.352 e. The Balaban J connectivity index is 2.52. The number of carboxylic acids is 1. The number of aromatic amines is 1. The lowest BCUT2D eigenvalue weighted by molar-refractivity contribution is 0.0691. The molecule has 20 heavy (non-hydrogen) atoms. The number of carbonyl (C=O) groups excluding carboxylic acids is 1. The minimum atomic E-state index is -1.27. The molecule has 2 aromatic rings. The molecule has 0 saturated carbocycles. The number of aromatic carboxylic acids is 1. The van der Waals surface area contributed by atoms with E-state index in [1.807, 2.05) is 0 Å². The van der Waals surface area contributed by atoms with Gasteiger partial charge < -0.3 is 10.1 Å². The lowest BCUT2D eigenvalue weighted by Gasteiger charge is -2.05. The molecule has 4 nitrogen and oxygen atoms in total. The van der Waals surface area contributed by atoms with E-state index < -0.39 is 29.0 Å². The molecule has 0 fully saturated rings. The number of ketones is 1. The third-order valence-corrected chi connectivity index (χ3v) is 2.74. The van der Waals surface area contributed by atoms with E-state index in [1.165, 1.54) is 0 Å². The van der Waals surface area contributed by atoms with E-state index >= 15 is 0 Å². The van der Waals surface area contributed by atoms with Gasteiger partial charge in [-0.15, -0.1) is 0 Å². The van der Waals surface area contributed by atoms with Crippen LogP contribution in [0.3, 0.4) is 0 Å². The highest BCUT2D eigenvalue weighted by Crippen LogP contribution is 2.21. The second-order valence-corrected chi connectivity index (χ2v) is 3.97. The molecule has 0 amide bonds. The molecule has 2 rings (SSSR count). The predicted octanol–water partition coefficient (Wildman–Crippen LogP) is 2.87. The van der Waals surface area contributed by atoms with Crippen LogP contribution in [0.15, 0.2) is 31.0 Å². The van der Waals surface area contributed by atoms with Crippen LogP contribution in [-0.2, 0) is 0 Å². The van der Waals surface area contributed by atoms with E-state index in [9.17, 15) is 18.4 Å². The topological polar surface area (TPSA) is 70.2 Å². The molecule has 0 atom stereocenters. The first-order valence-electron chi connectivity index (χ1n) is 5.52. The maximum atomic E-state index is 14.0. The van der Waals surface area contributed by atoms with Crippen LogP contribution < -0.4 is 0 Å². The lowest BCUT2D eigenvalue weighted by atomic mass is 10.0. The molecular formula is C14H9F2NO3. The number of benzene rings is 1. The van der Waals surface area contributed by atoms with Gasteiger partial charge in [0.15, 0.2) is 0 Å². The Kier molecular flexibility index (Phi) is 3.47. The van der Waals surface area contributed by atoms with E-state index in [4.69, 9.17) is 5.11 Å². The summed E-state index contributed by atoms with van der Waals surface area (Å²) in [6, 6.07) is 3.14. The van der Waals surface area contributed by atoms with Crippen molar-refractivity contribution in [2.45, 2.75) is 0 Å². The van der Waals surface area contributed by atoms with Crippen LogP contribution in [0.5, 0.6) is 0 Å². The monoisotopic (exact) mass is 277 g/mol. The minimum absolute atomic E-state index is 0.0104. The molecule has 0 bridgehead atoms. The third-order valence-electron chi connectivity index (χ3n) is 2.74. The molecule has 2 N–H and O–H groups in total. The molecule has 1 aromatic carbocycles. The average molecular weight is 277 g/mol. The fraction of sp³-hybridized carbons (Fsp3) is 0. The summed E-state index contributed by atoms with van der Waals surface area (Å²) in [6.07, 6.45) is 2.25. The van der Waals surface area contributed by atoms with Crippen molar-refractivity contribution in [3.8, 4) is 0 Å². The van der Waals surface area contributed by atoms with Crippen LogP contribution in [0, 0.1) is 11.6 Å². The second kappa shape index (κ2) is 5.08. The quantitative estimate of drug-likeness (QED) is 0.844. The highest BCUT2D eigenvalue weighted by atomic mass is 19.1. The molecule has 1 aromatic heterocycles. The van der Waals surface area contributed by atoms with Crippen molar-refractivity contribution in [3.63, 3.8) is 0 Å². The molecule has 102 valence electrons. The van der Waals surface area contributed by atoms with E-state index in [-0.39, 0.29) is 16.8 Å². The Morgan fingerprint density at radius 2 is 2.00 bits per heavy atom. The molecule has 6 heteroatoms. The number of hydrogen-bond donors (Lipinski definition) is 2. The largest absolute Gasteiger partial charge is 0.477 e. The molecule has 0 unspecified atom stereocenters. The van der Waals surface area contributed by atoms with Crippen molar-refractivity contribution in [1.29, 1.82) is 0 Å². The number of carboxylic acid groups (broad SMARTS) is 1. The van der Waals surface area contributed by atoms with Crippen molar-refractivity contribution in [2.24, 2.45) is 0 Å². The van der Waals surface area contributed by atoms with Crippen molar-refractivity contribution in [1.82, 2.24) is 4.98 Å². The fourth-order valence-corrected chi connectivity index (χ4v) is 1.73. The smallest absolute Gasteiger partial charge is 0.352 e. The van der Waals surface area contributed by atoms with Gasteiger partial charge in [0.1, 0.15) is 17.3 Å². The van der Waals surface area contributed by atoms with Crippen molar-refractivity contribution >= 4 is 17.8 Å². The van der Waals surface area contributed by atoms with Crippen LogP contribution in [0.2, 0.25) is 0 Å². The SMILES string of the molecule is C=Cc1ccc(F)c(C(=O)c2c[nH]c(C(=O)O)c2)c1F. The number of nitrogens with one attached hydrogen (secondary N) is 1. The standard InChI is InChI=1S/C14H9F2NO3/c1-2-7-3-4-9(15)11(12(7)16)13(18)8-5-10(14(19)20)17-6-8/h2-6,17H,1H2,(H,19,20). The minimum Gasteiger partial charge on any atom is -0.477 e. The van der Waals surface area contributed by atoms with E-state index in [0.29, 0.717) is 0 Å². The fourth-order valence-electron chi connectivity index (χ4n) is 1.73. The molecule has 0 radical (unpaired) electrons. The lowest BCUT2D eigenvalue weighted by Crippen LogP contribution is -2.08. The van der Waals surface area contributed by atoms with Gasteiger partial charge in [-0.3, -0.25) is 4.79 Å². The van der Waals surface area contributed by atoms with Gasteiger partial charge in [0.2, 0.25) is 5.78 Å². The first-order valence-corrected chi connectivity index (χ1v) is 5.52. The number of aromatic nitrogens is 1. The Bertz CT molecular complexity index is 719. The van der Waals surface area contributed by atoms with Gasteiger partial charge in [0, 0.05) is 17.3 Å². The van der Waals surface area contributed by atoms with Gasteiger partial charge in [0.05, 0.1) is 5.56 Å². The average Bonchev–Trinajstić information content (AvgIpc) is 2.88. The first-order chi connectivity index (χ1) is 9.45. The van der Waals surface area contributed by atoms with E-state index in [0.717, 1.165) is 30.5 Å². The predicted molar refractivity (Wildman–Crippen MR) is 67.6 cm³/mol. The highest BCUT2D eigenvalue weighted by molar-refractivity contribution is 6.10. The van der Waals surface area contributed by atoms with E-state index in [2.05, 4.69) is 11.6 Å². The third kappa shape index (κ3) is 2.23. The normalized spacial score (nSPS) is 10.3. The molecule has 0 spiro atoms. The zero-order chi connectivity index (χ0) is 14.9. The Morgan fingerprint density at radius 3 is 2.55 bits per heavy atom. The highest BCUT2D eigenvalue weighted by Gasteiger charge is 2.22. The molecule has 0 saturated heterocycles. The summed E-state index contributed by atoms with van der Waals surface area (Å²) in [4.78, 5) is 25.1. The van der Waals surface area contributed by atoms with Gasteiger partial charge in [-0.25, -0.2) is 13.6 Å². The Labute approximate surface area is 112 Å². The number of carbonyl (C=O) groups is 2. The summed E-state index contributed by atoms with van der Waals surface area (Å²) in [5, 5.41) is 8.74. The summed E-state index contributed by atoms with van der Waals surface area (Å²) in [5.74, 6) is -4.25. The van der Waals surface area contributed by atoms with Gasteiger partial charge in [-0.05, 0) is 18.2 Å². The van der Waals surface area contributed by atoms with Crippen LogP contribution in [0.25, 0.3) is 6.08 Å².